The van der Waals surface area contributed by atoms with Crippen molar-refractivity contribution in [2.24, 2.45) is 0 Å². The highest BCUT2D eigenvalue weighted by Gasteiger charge is 2.17. The first kappa shape index (κ1) is 15.5. The standard InChI is InChI=1S/C14H17Cl2FN2O/c1-9(4-6-20-2)19-13-8-11(17)10(16)7-12(13)18-14(19)3-5-15/h7-9H,3-6H2,1-2H3. The summed E-state index contributed by atoms with van der Waals surface area (Å²) in [5.74, 6) is 0.883. The van der Waals surface area contributed by atoms with Crippen LogP contribution in [-0.2, 0) is 11.2 Å². The fourth-order valence-corrected chi connectivity index (χ4v) is 2.64. The number of hydrogen-bond acceptors (Lipinski definition) is 2. The number of rotatable bonds is 6. The van der Waals surface area contributed by atoms with Crippen molar-refractivity contribution >= 4 is 34.2 Å². The molecule has 1 atom stereocenters. The minimum atomic E-state index is -0.434. The molecule has 1 aromatic carbocycles. The number of aromatic nitrogens is 2. The lowest BCUT2D eigenvalue weighted by molar-refractivity contribution is 0.181. The van der Waals surface area contributed by atoms with Crippen molar-refractivity contribution < 1.29 is 9.13 Å². The van der Waals surface area contributed by atoms with Gasteiger partial charge in [-0.1, -0.05) is 11.6 Å². The lowest BCUT2D eigenvalue weighted by atomic mass is 10.2. The molecule has 2 aromatic rings. The quantitative estimate of drug-likeness (QED) is 0.746. The number of alkyl halides is 1. The average molecular weight is 319 g/mol. The Kier molecular flexibility index (Phi) is 5.24. The second-order valence-electron chi connectivity index (χ2n) is 4.72. The van der Waals surface area contributed by atoms with Crippen LogP contribution in [0.2, 0.25) is 5.02 Å². The van der Waals surface area contributed by atoms with Crippen LogP contribution in [0.3, 0.4) is 0 Å². The summed E-state index contributed by atoms with van der Waals surface area (Å²) >= 11 is 11.6. The fourth-order valence-electron chi connectivity index (χ4n) is 2.31. The van der Waals surface area contributed by atoms with Gasteiger partial charge in [-0.2, -0.15) is 0 Å². The summed E-state index contributed by atoms with van der Waals surface area (Å²) < 4.78 is 20.8. The van der Waals surface area contributed by atoms with Crippen LogP contribution in [0, 0.1) is 5.82 Å². The summed E-state index contributed by atoms with van der Waals surface area (Å²) in [6.07, 6.45) is 1.45. The normalized spacial score (nSPS) is 13.1. The SMILES string of the molecule is COCCC(C)n1c(CCCl)nc2cc(Cl)c(F)cc21. The van der Waals surface area contributed by atoms with Crippen LogP contribution < -0.4 is 0 Å². The van der Waals surface area contributed by atoms with Crippen molar-refractivity contribution in [3.05, 3.63) is 28.8 Å². The highest BCUT2D eigenvalue weighted by molar-refractivity contribution is 6.31. The molecule has 1 heterocycles. The van der Waals surface area contributed by atoms with E-state index in [9.17, 15) is 4.39 Å². The second kappa shape index (κ2) is 6.74. The maximum Gasteiger partial charge on any atom is 0.144 e. The van der Waals surface area contributed by atoms with Crippen LogP contribution in [0.4, 0.5) is 4.39 Å². The third-order valence-electron chi connectivity index (χ3n) is 3.30. The Labute approximate surface area is 127 Å². The molecule has 0 bridgehead atoms. The summed E-state index contributed by atoms with van der Waals surface area (Å²) in [5.41, 5.74) is 1.44. The summed E-state index contributed by atoms with van der Waals surface area (Å²) in [6.45, 7) is 2.70. The van der Waals surface area contributed by atoms with Gasteiger partial charge >= 0.3 is 0 Å². The molecule has 1 aromatic heterocycles. The van der Waals surface area contributed by atoms with Crippen molar-refractivity contribution in [3.63, 3.8) is 0 Å². The van der Waals surface area contributed by atoms with Crippen LogP contribution in [0.5, 0.6) is 0 Å². The zero-order valence-electron chi connectivity index (χ0n) is 11.5. The van der Waals surface area contributed by atoms with Gasteiger partial charge < -0.3 is 9.30 Å². The van der Waals surface area contributed by atoms with Crippen molar-refractivity contribution in [1.82, 2.24) is 9.55 Å². The lowest BCUT2D eigenvalue weighted by Crippen LogP contribution is -2.12. The van der Waals surface area contributed by atoms with E-state index >= 15 is 0 Å². The topological polar surface area (TPSA) is 27.1 Å². The summed E-state index contributed by atoms with van der Waals surface area (Å²) in [4.78, 5) is 4.52. The Morgan fingerprint density at radius 2 is 2.20 bits per heavy atom. The molecule has 3 nitrogen and oxygen atoms in total. The van der Waals surface area contributed by atoms with Gasteiger partial charge in [0.15, 0.2) is 0 Å². The Bertz CT molecular complexity index is 600. The van der Waals surface area contributed by atoms with E-state index in [1.807, 2.05) is 4.57 Å². The molecule has 0 aliphatic rings. The number of hydrogen-bond donors (Lipinski definition) is 0. The second-order valence-corrected chi connectivity index (χ2v) is 5.51. The monoisotopic (exact) mass is 318 g/mol. The summed E-state index contributed by atoms with van der Waals surface area (Å²) in [6, 6.07) is 3.15. The molecule has 2 rings (SSSR count). The number of ether oxygens (including phenoxy) is 1. The molecular formula is C14H17Cl2FN2O. The van der Waals surface area contributed by atoms with E-state index < -0.39 is 5.82 Å². The fraction of sp³-hybridized carbons (Fsp3) is 0.500. The Balaban J connectivity index is 2.52. The van der Waals surface area contributed by atoms with Crippen molar-refractivity contribution in [2.45, 2.75) is 25.8 Å². The third-order valence-corrected chi connectivity index (χ3v) is 3.78. The number of methoxy groups -OCH3 is 1. The van der Waals surface area contributed by atoms with Crippen LogP contribution >= 0.6 is 23.2 Å². The molecule has 1 unspecified atom stereocenters. The number of benzene rings is 1. The molecule has 0 saturated carbocycles. The van der Waals surface area contributed by atoms with Crippen molar-refractivity contribution in [2.75, 3.05) is 19.6 Å². The zero-order valence-corrected chi connectivity index (χ0v) is 13.0. The highest BCUT2D eigenvalue weighted by Crippen LogP contribution is 2.28. The first-order valence-corrected chi connectivity index (χ1v) is 7.40. The zero-order chi connectivity index (χ0) is 14.7. The van der Waals surface area contributed by atoms with Gasteiger partial charge in [0.1, 0.15) is 11.6 Å². The van der Waals surface area contributed by atoms with E-state index in [4.69, 9.17) is 27.9 Å². The maximum atomic E-state index is 13.7. The largest absolute Gasteiger partial charge is 0.385 e. The minimum Gasteiger partial charge on any atom is -0.385 e. The van der Waals surface area contributed by atoms with Gasteiger partial charge in [0.25, 0.3) is 0 Å². The molecule has 0 saturated heterocycles. The van der Waals surface area contributed by atoms with Gasteiger partial charge in [-0.3, -0.25) is 0 Å². The van der Waals surface area contributed by atoms with Crippen molar-refractivity contribution in [1.29, 1.82) is 0 Å². The molecule has 0 aliphatic carbocycles. The number of imidazole rings is 1. The smallest absolute Gasteiger partial charge is 0.144 e. The first-order chi connectivity index (χ1) is 9.58. The number of aryl methyl sites for hydroxylation is 1. The lowest BCUT2D eigenvalue weighted by Gasteiger charge is -2.17. The van der Waals surface area contributed by atoms with Crippen LogP contribution in [0.25, 0.3) is 11.0 Å². The number of fused-ring (bicyclic) bond motifs is 1. The van der Waals surface area contributed by atoms with Gasteiger partial charge in [-0.15, -0.1) is 11.6 Å². The molecule has 0 N–H and O–H groups in total. The summed E-state index contributed by atoms with van der Waals surface area (Å²) in [5, 5.41) is 0.0871. The molecule has 0 spiro atoms. The molecular weight excluding hydrogens is 302 g/mol. The van der Waals surface area contributed by atoms with Crippen LogP contribution in [-0.4, -0.2) is 29.1 Å². The predicted molar refractivity (Wildman–Crippen MR) is 80.3 cm³/mol. The minimum absolute atomic E-state index is 0.0871. The predicted octanol–water partition coefficient (Wildman–Crippen LogP) is 4.21. The summed E-state index contributed by atoms with van der Waals surface area (Å²) in [7, 11) is 1.66. The average Bonchev–Trinajstić information content (AvgIpc) is 2.74. The molecule has 0 amide bonds. The Hall–Kier alpha value is -0.840. The highest BCUT2D eigenvalue weighted by atomic mass is 35.5. The Morgan fingerprint density at radius 1 is 1.45 bits per heavy atom. The van der Waals surface area contributed by atoms with E-state index in [0.717, 1.165) is 17.8 Å². The van der Waals surface area contributed by atoms with E-state index in [-0.39, 0.29) is 11.1 Å². The van der Waals surface area contributed by atoms with Crippen molar-refractivity contribution in [3.8, 4) is 0 Å². The maximum absolute atomic E-state index is 13.7. The van der Waals surface area contributed by atoms with Gasteiger partial charge in [0.05, 0.1) is 16.1 Å². The van der Waals surface area contributed by atoms with E-state index in [1.54, 1.807) is 13.2 Å². The number of nitrogens with zero attached hydrogens (tertiary/aromatic N) is 2. The van der Waals surface area contributed by atoms with Gasteiger partial charge in [-0.25, -0.2) is 9.37 Å². The third kappa shape index (κ3) is 3.08. The molecule has 110 valence electrons. The van der Waals surface area contributed by atoms with E-state index in [0.29, 0.717) is 24.4 Å². The van der Waals surface area contributed by atoms with Gasteiger partial charge in [-0.05, 0) is 19.4 Å². The van der Waals surface area contributed by atoms with Gasteiger partial charge in [0, 0.05) is 38.1 Å². The molecule has 6 heteroatoms. The molecule has 0 radical (unpaired) electrons. The molecule has 0 fully saturated rings. The van der Waals surface area contributed by atoms with Gasteiger partial charge in [0.2, 0.25) is 0 Å². The van der Waals surface area contributed by atoms with Crippen LogP contribution in [0.1, 0.15) is 25.2 Å². The van der Waals surface area contributed by atoms with E-state index in [2.05, 4.69) is 11.9 Å². The number of halogens is 3. The van der Waals surface area contributed by atoms with E-state index in [1.165, 1.54) is 6.07 Å². The molecule has 0 aliphatic heterocycles. The molecule has 20 heavy (non-hydrogen) atoms. The first-order valence-electron chi connectivity index (χ1n) is 6.49. The Morgan fingerprint density at radius 3 is 2.85 bits per heavy atom. The van der Waals surface area contributed by atoms with Crippen LogP contribution in [0.15, 0.2) is 12.1 Å².